The molecule has 35 heavy (non-hydrogen) atoms. The van der Waals surface area contributed by atoms with Crippen molar-refractivity contribution in [2.75, 3.05) is 24.3 Å². The number of methoxy groups -OCH3 is 1. The van der Waals surface area contributed by atoms with Crippen LogP contribution in [0, 0.1) is 0 Å². The summed E-state index contributed by atoms with van der Waals surface area (Å²) in [5, 5.41) is 9.53. The molecule has 0 spiro atoms. The molecule has 0 radical (unpaired) electrons. The maximum atomic E-state index is 13.2. The Kier molecular flexibility index (Phi) is 8.60. The van der Waals surface area contributed by atoms with Gasteiger partial charge < -0.3 is 20.7 Å². The van der Waals surface area contributed by atoms with Crippen molar-refractivity contribution in [3.05, 3.63) is 83.1 Å². The monoisotopic (exact) mass is 473 g/mol. The molecule has 3 N–H and O–H groups in total. The summed E-state index contributed by atoms with van der Waals surface area (Å²) in [4.78, 5) is 26.2. The van der Waals surface area contributed by atoms with Crippen LogP contribution in [0.4, 0.5) is 11.4 Å². The number of hydrogen-bond acceptors (Lipinski definition) is 4. The zero-order chi connectivity index (χ0) is 24.5. The Morgan fingerprint density at radius 3 is 2.57 bits per heavy atom. The summed E-state index contributed by atoms with van der Waals surface area (Å²) in [7, 11) is 1.68. The van der Waals surface area contributed by atoms with E-state index >= 15 is 0 Å². The molecular weight excluding hydrogens is 438 g/mol. The summed E-state index contributed by atoms with van der Waals surface area (Å²) in [6.07, 6.45) is 12.6. The van der Waals surface area contributed by atoms with Crippen LogP contribution in [0.15, 0.2) is 72.0 Å². The van der Waals surface area contributed by atoms with Crippen LogP contribution in [0.25, 0.3) is 0 Å². The zero-order valence-corrected chi connectivity index (χ0v) is 20.4. The molecule has 2 amide bonds. The fourth-order valence-corrected chi connectivity index (χ4v) is 4.76. The molecule has 6 nitrogen and oxygen atoms in total. The van der Waals surface area contributed by atoms with Crippen molar-refractivity contribution in [2.45, 2.75) is 57.4 Å². The number of amides is 2. The highest BCUT2D eigenvalue weighted by molar-refractivity contribution is 6.09. The lowest BCUT2D eigenvalue weighted by Gasteiger charge is -2.25. The molecule has 184 valence electrons. The lowest BCUT2D eigenvalue weighted by molar-refractivity contribution is 0.0954. The lowest BCUT2D eigenvalue weighted by atomic mass is 9.94. The first-order valence-corrected chi connectivity index (χ1v) is 12.6. The van der Waals surface area contributed by atoms with Gasteiger partial charge in [-0.25, -0.2) is 0 Å². The van der Waals surface area contributed by atoms with Crippen molar-refractivity contribution < 1.29 is 14.3 Å². The van der Waals surface area contributed by atoms with Crippen molar-refractivity contribution in [3.63, 3.8) is 0 Å². The minimum Gasteiger partial charge on any atom is -0.497 e. The average Bonchev–Trinajstić information content (AvgIpc) is 2.90. The first-order chi connectivity index (χ1) is 17.1. The number of allylic oxidation sites excluding steroid dienone is 2. The van der Waals surface area contributed by atoms with Gasteiger partial charge in [-0.2, -0.15) is 0 Å². The van der Waals surface area contributed by atoms with E-state index in [0.717, 1.165) is 49.2 Å². The number of hydrogen-bond donors (Lipinski definition) is 3. The Labute approximate surface area is 207 Å². The van der Waals surface area contributed by atoms with Gasteiger partial charge >= 0.3 is 0 Å². The third-order valence-corrected chi connectivity index (χ3v) is 6.69. The Morgan fingerprint density at radius 1 is 1.00 bits per heavy atom. The normalized spacial score (nSPS) is 16.0. The Bertz CT molecular complexity index is 1090. The maximum Gasteiger partial charge on any atom is 0.257 e. The first-order valence-electron chi connectivity index (χ1n) is 12.6. The summed E-state index contributed by atoms with van der Waals surface area (Å²) < 4.78 is 5.44. The Balaban J connectivity index is 1.48. The van der Waals surface area contributed by atoms with Crippen molar-refractivity contribution in [3.8, 4) is 0 Å². The van der Waals surface area contributed by atoms with Gasteiger partial charge in [-0.3, -0.25) is 9.59 Å². The van der Waals surface area contributed by atoms with Crippen molar-refractivity contribution in [2.24, 2.45) is 0 Å². The fraction of sp³-hybridized carbons (Fsp3) is 0.379. The molecule has 0 atom stereocenters. The zero-order valence-electron chi connectivity index (χ0n) is 20.4. The number of nitrogens with one attached hydrogen (secondary N) is 3. The number of carbonyl (C=O) groups is 2. The largest absolute Gasteiger partial charge is 0.497 e. The second-order valence-corrected chi connectivity index (χ2v) is 9.18. The lowest BCUT2D eigenvalue weighted by Crippen LogP contribution is -2.27. The molecule has 0 unspecified atom stereocenters. The minimum atomic E-state index is -0.229. The van der Waals surface area contributed by atoms with E-state index in [1.54, 1.807) is 19.2 Å². The molecule has 2 aromatic rings. The number of carbonyl (C=O) groups excluding carboxylic acids is 2. The quantitative estimate of drug-likeness (QED) is 0.414. The Morgan fingerprint density at radius 2 is 1.80 bits per heavy atom. The number of anilines is 2. The molecule has 0 aromatic heterocycles. The Hall–Kier alpha value is -3.54. The van der Waals surface area contributed by atoms with Crippen molar-refractivity contribution >= 4 is 23.2 Å². The standard InChI is InChI=1S/C29H35N3O3/c1-35-27-15-9-8-10-21(27)18-19-30-28(33)22-16-17-26(31-23-11-4-2-5-12-23)25(20-22)29(34)32-24-13-6-3-7-14-24/h3,6-7,9,13-17,20,23,31H,2,4-5,8,10-12,18-19H2,1H3,(H,30,33)(H,32,34). The van der Waals surface area contributed by atoms with Gasteiger partial charge in [-0.15, -0.1) is 0 Å². The van der Waals surface area contributed by atoms with Crippen LogP contribution in [-0.4, -0.2) is 31.5 Å². The van der Waals surface area contributed by atoms with E-state index in [9.17, 15) is 9.59 Å². The second-order valence-electron chi connectivity index (χ2n) is 9.18. The predicted molar refractivity (Wildman–Crippen MR) is 141 cm³/mol. The number of para-hydroxylation sites is 1. The molecule has 1 fully saturated rings. The average molecular weight is 474 g/mol. The third-order valence-electron chi connectivity index (χ3n) is 6.69. The van der Waals surface area contributed by atoms with Gasteiger partial charge in [0, 0.05) is 29.5 Å². The van der Waals surface area contributed by atoms with E-state index in [4.69, 9.17) is 4.74 Å². The highest BCUT2D eigenvalue weighted by Gasteiger charge is 2.20. The molecule has 4 rings (SSSR count). The van der Waals surface area contributed by atoms with Crippen molar-refractivity contribution in [1.29, 1.82) is 0 Å². The van der Waals surface area contributed by atoms with Gasteiger partial charge in [0.05, 0.1) is 12.7 Å². The third kappa shape index (κ3) is 6.75. The SMILES string of the molecule is COC1=C(CCNC(=O)c2ccc(NC3CCCCC3)c(C(=O)Nc3ccccc3)c2)CCC=C1. The number of rotatable bonds is 9. The van der Waals surface area contributed by atoms with E-state index < -0.39 is 0 Å². The second kappa shape index (κ2) is 12.2. The van der Waals surface area contributed by atoms with E-state index in [2.05, 4.69) is 22.0 Å². The first kappa shape index (κ1) is 24.6. The topological polar surface area (TPSA) is 79.5 Å². The van der Waals surface area contributed by atoms with Crippen LogP contribution in [-0.2, 0) is 4.74 Å². The molecule has 0 bridgehead atoms. The summed E-state index contributed by atoms with van der Waals surface area (Å²) in [5.74, 6) is 0.477. The maximum absolute atomic E-state index is 13.2. The van der Waals surface area contributed by atoms with E-state index in [-0.39, 0.29) is 11.8 Å². The summed E-state index contributed by atoms with van der Waals surface area (Å²) >= 11 is 0. The van der Waals surface area contributed by atoms with Gasteiger partial charge in [-0.1, -0.05) is 43.5 Å². The predicted octanol–water partition coefficient (Wildman–Crippen LogP) is 6.05. The van der Waals surface area contributed by atoms with Crippen LogP contribution >= 0.6 is 0 Å². The van der Waals surface area contributed by atoms with Crippen LogP contribution in [0.5, 0.6) is 0 Å². The van der Waals surface area contributed by atoms with E-state index in [1.165, 1.54) is 24.8 Å². The number of benzene rings is 2. The van der Waals surface area contributed by atoms with E-state index in [1.807, 2.05) is 42.5 Å². The molecule has 2 aromatic carbocycles. The molecule has 2 aliphatic rings. The molecule has 1 saturated carbocycles. The summed E-state index contributed by atoms with van der Waals surface area (Å²) in [6, 6.07) is 15.1. The smallest absolute Gasteiger partial charge is 0.257 e. The molecule has 2 aliphatic carbocycles. The van der Waals surface area contributed by atoms with E-state index in [0.29, 0.717) is 23.7 Å². The van der Waals surface area contributed by atoms with Crippen LogP contribution in [0.3, 0.4) is 0 Å². The highest BCUT2D eigenvalue weighted by atomic mass is 16.5. The molecular formula is C29H35N3O3. The molecule has 0 aliphatic heterocycles. The highest BCUT2D eigenvalue weighted by Crippen LogP contribution is 2.26. The van der Waals surface area contributed by atoms with Gasteiger partial charge in [0.2, 0.25) is 0 Å². The van der Waals surface area contributed by atoms with Crippen LogP contribution in [0.1, 0.15) is 72.1 Å². The van der Waals surface area contributed by atoms with Gasteiger partial charge in [0.15, 0.2) is 0 Å². The molecule has 6 heteroatoms. The van der Waals surface area contributed by atoms with Crippen LogP contribution < -0.4 is 16.0 Å². The molecule has 0 heterocycles. The van der Waals surface area contributed by atoms with Crippen LogP contribution in [0.2, 0.25) is 0 Å². The molecule has 0 saturated heterocycles. The summed E-state index contributed by atoms with van der Waals surface area (Å²) in [6.45, 7) is 0.516. The van der Waals surface area contributed by atoms with Gasteiger partial charge in [0.25, 0.3) is 11.8 Å². The van der Waals surface area contributed by atoms with Crippen molar-refractivity contribution in [1.82, 2.24) is 5.32 Å². The van der Waals surface area contributed by atoms with Gasteiger partial charge in [0.1, 0.15) is 5.76 Å². The fourth-order valence-electron chi connectivity index (χ4n) is 4.76. The minimum absolute atomic E-state index is 0.186. The number of ether oxygens (including phenoxy) is 1. The van der Waals surface area contributed by atoms with Gasteiger partial charge in [-0.05, 0) is 74.1 Å². The summed E-state index contributed by atoms with van der Waals surface area (Å²) in [5.41, 5.74) is 3.66.